The van der Waals surface area contributed by atoms with E-state index >= 15 is 0 Å². The van der Waals surface area contributed by atoms with Crippen LogP contribution in [-0.4, -0.2) is 17.7 Å². The summed E-state index contributed by atoms with van der Waals surface area (Å²) in [6.45, 7) is 3.31. The molecule has 1 fully saturated rings. The Labute approximate surface area is 130 Å². The van der Waals surface area contributed by atoms with Crippen LogP contribution in [0.5, 0.6) is 5.75 Å². The molecule has 116 valence electrons. The van der Waals surface area contributed by atoms with Gasteiger partial charge in [-0.25, -0.2) is 0 Å². The van der Waals surface area contributed by atoms with E-state index in [9.17, 15) is 4.79 Å². The first-order valence-electron chi connectivity index (χ1n) is 7.83. The van der Waals surface area contributed by atoms with Crippen molar-refractivity contribution in [2.75, 3.05) is 7.11 Å². The summed E-state index contributed by atoms with van der Waals surface area (Å²) in [5.74, 6) is 0.798. The van der Waals surface area contributed by atoms with Gasteiger partial charge in [0.2, 0.25) is 0 Å². The van der Waals surface area contributed by atoms with Gasteiger partial charge in [-0.2, -0.15) is 0 Å². The van der Waals surface area contributed by atoms with E-state index in [2.05, 4.69) is 5.32 Å². The Morgan fingerprint density at radius 3 is 2.77 bits per heavy atom. The molecule has 1 aliphatic rings. The fourth-order valence-corrected chi connectivity index (χ4v) is 2.65. The van der Waals surface area contributed by atoms with Crippen LogP contribution in [0.2, 0.25) is 0 Å². The van der Waals surface area contributed by atoms with E-state index in [4.69, 9.17) is 4.74 Å². The van der Waals surface area contributed by atoms with Crippen LogP contribution < -0.4 is 15.6 Å². The third-order valence-corrected chi connectivity index (χ3v) is 4.09. The number of hydrogen-bond acceptors (Lipinski definition) is 3. The average molecular weight is 298 g/mol. The third-order valence-electron chi connectivity index (χ3n) is 4.09. The van der Waals surface area contributed by atoms with E-state index in [1.807, 2.05) is 47.9 Å². The summed E-state index contributed by atoms with van der Waals surface area (Å²) in [6, 6.07) is 12.4. The van der Waals surface area contributed by atoms with Gasteiger partial charge in [0, 0.05) is 30.3 Å². The van der Waals surface area contributed by atoms with E-state index in [-0.39, 0.29) is 5.56 Å². The second kappa shape index (κ2) is 6.36. The Kier molecular flexibility index (Phi) is 4.29. The zero-order valence-corrected chi connectivity index (χ0v) is 13.1. The van der Waals surface area contributed by atoms with Gasteiger partial charge >= 0.3 is 0 Å². The molecule has 2 aromatic rings. The fourth-order valence-electron chi connectivity index (χ4n) is 2.65. The standard InChI is InChI=1S/C18H22N2O2/c1-3-20-17(13-5-4-6-16(11-13)22-2)10-7-14(18(20)21)12-19-15-8-9-15/h4-7,10-11,15,19H,3,8-9,12H2,1-2H3. The summed E-state index contributed by atoms with van der Waals surface area (Å²) < 4.78 is 7.11. The van der Waals surface area contributed by atoms with Crippen LogP contribution in [0.25, 0.3) is 11.3 Å². The highest BCUT2D eigenvalue weighted by Crippen LogP contribution is 2.23. The molecule has 0 atom stereocenters. The molecule has 4 heteroatoms. The van der Waals surface area contributed by atoms with Crippen LogP contribution >= 0.6 is 0 Å². The minimum atomic E-state index is 0.0935. The molecule has 1 aromatic carbocycles. The molecule has 1 N–H and O–H groups in total. The van der Waals surface area contributed by atoms with Crippen molar-refractivity contribution in [2.24, 2.45) is 0 Å². The molecule has 0 radical (unpaired) electrons. The van der Waals surface area contributed by atoms with Crippen LogP contribution in [0.3, 0.4) is 0 Å². The second-order valence-electron chi connectivity index (χ2n) is 5.68. The molecular weight excluding hydrogens is 276 g/mol. The number of ether oxygens (including phenoxy) is 1. The quantitative estimate of drug-likeness (QED) is 0.892. The molecule has 1 aromatic heterocycles. The molecule has 1 saturated carbocycles. The second-order valence-corrected chi connectivity index (χ2v) is 5.68. The predicted octanol–water partition coefficient (Wildman–Crippen LogP) is 2.80. The predicted molar refractivity (Wildman–Crippen MR) is 88.2 cm³/mol. The molecule has 22 heavy (non-hydrogen) atoms. The van der Waals surface area contributed by atoms with Gasteiger partial charge in [0.25, 0.3) is 5.56 Å². The highest BCUT2D eigenvalue weighted by molar-refractivity contribution is 5.62. The van der Waals surface area contributed by atoms with Crippen molar-refractivity contribution in [3.63, 3.8) is 0 Å². The number of nitrogens with one attached hydrogen (secondary N) is 1. The highest BCUT2D eigenvalue weighted by Gasteiger charge is 2.20. The minimum absolute atomic E-state index is 0.0935. The average Bonchev–Trinajstić information content (AvgIpc) is 3.37. The van der Waals surface area contributed by atoms with Crippen LogP contribution in [0.4, 0.5) is 0 Å². The number of nitrogens with zero attached hydrogens (tertiary/aromatic N) is 1. The first-order valence-corrected chi connectivity index (χ1v) is 7.83. The first-order chi connectivity index (χ1) is 10.7. The van der Waals surface area contributed by atoms with Crippen molar-refractivity contribution in [3.8, 4) is 17.0 Å². The van der Waals surface area contributed by atoms with Crippen LogP contribution in [-0.2, 0) is 13.1 Å². The molecule has 1 aliphatic carbocycles. The molecular formula is C18H22N2O2. The lowest BCUT2D eigenvalue weighted by Gasteiger charge is -2.14. The minimum Gasteiger partial charge on any atom is -0.497 e. The lowest BCUT2D eigenvalue weighted by Crippen LogP contribution is -2.28. The number of pyridine rings is 1. The number of benzene rings is 1. The molecule has 3 rings (SSSR count). The van der Waals surface area contributed by atoms with E-state index in [1.54, 1.807) is 7.11 Å². The van der Waals surface area contributed by atoms with Crippen molar-refractivity contribution < 1.29 is 4.74 Å². The maximum absolute atomic E-state index is 12.7. The van der Waals surface area contributed by atoms with Crippen molar-refractivity contribution in [1.29, 1.82) is 0 Å². The van der Waals surface area contributed by atoms with E-state index in [0.29, 0.717) is 19.1 Å². The molecule has 1 heterocycles. The van der Waals surface area contributed by atoms with Gasteiger partial charge in [-0.3, -0.25) is 4.79 Å². The lowest BCUT2D eigenvalue weighted by molar-refractivity contribution is 0.415. The zero-order chi connectivity index (χ0) is 15.5. The molecule has 0 aliphatic heterocycles. The Morgan fingerprint density at radius 1 is 1.27 bits per heavy atom. The van der Waals surface area contributed by atoms with Gasteiger partial charge < -0.3 is 14.6 Å². The highest BCUT2D eigenvalue weighted by atomic mass is 16.5. The lowest BCUT2D eigenvalue weighted by atomic mass is 10.1. The molecule has 4 nitrogen and oxygen atoms in total. The summed E-state index contributed by atoms with van der Waals surface area (Å²) in [4.78, 5) is 12.7. The molecule has 0 unspecified atom stereocenters. The maximum Gasteiger partial charge on any atom is 0.255 e. The van der Waals surface area contributed by atoms with Crippen LogP contribution in [0.1, 0.15) is 25.3 Å². The largest absolute Gasteiger partial charge is 0.497 e. The van der Waals surface area contributed by atoms with Crippen molar-refractivity contribution in [1.82, 2.24) is 9.88 Å². The Balaban J connectivity index is 1.96. The summed E-state index contributed by atoms with van der Waals surface area (Å²) in [5.41, 5.74) is 2.86. The number of methoxy groups -OCH3 is 1. The monoisotopic (exact) mass is 298 g/mol. The molecule has 0 amide bonds. The van der Waals surface area contributed by atoms with Gasteiger partial charge in [0.05, 0.1) is 12.8 Å². The third kappa shape index (κ3) is 3.07. The van der Waals surface area contributed by atoms with Crippen LogP contribution in [0, 0.1) is 0 Å². The molecule has 0 spiro atoms. The Hall–Kier alpha value is -2.07. The van der Waals surface area contributed by atoms with Gasteiger partial charge in [-0.15, -0.1) is 0 Å². The van der Waals surface area contributed by atoms with Crippen molar-refractivity contribution in [2.45, 2.75) is 38.9 Å². The smallest absolute Gasteiger partial charge is 0.255 e. The van der Waals surface area contributed by atoms with Gasteiger partial charge in [0.15, 0.2) is 0 Å². The normalized spacial score (nSPS) is 14.1. The number of aromatic nitrogens is 1. The van der Waals surface area contributed by atoms with Gasteiger partial charge in [-0.1, -0.05) is 18.2 Å². The summed E-state index contributed by atoms with van der Waals surface area (Å²) in [5, 5.41) is 3.41. The van der Waals surface area contributed by atoms with Gasteiger partial charge in [0.1, 0.15) is 5.75 Å². The Morgan fingerprint density at radius 2 is 2.09 bits per heavy atom. The number of hydrogen-bond donors (Lipinski definition) is 1. The van der Waals surface area contributed by atoms with Crippen LogP contribution in [0.15, 0.2) is 41.2 Å². The summed E-state index contributed by atoms with van der Waals surface area (Å²) >= 11 is 0. The summed E-state index contributed by atoms with van der Waals surface area (Å²) in [7, 11) is 1.65. The zero-order valence-electron chi connectivity index (χ0n) is 13.1. The fraction of sp³-hybridized carbons (Fsp3) is 0.389. The van der Waals surface area contributed by atoms with Crippen molar-refractivity contribution >= 4 is 0 Å². The van der Waals surface area contributed by atoms with Gasteiger partial charge in [-0.05, 0) is 38.0 Å². The Bertz CT molecular complexity index is 717. The number of rotatable bonds is 6. The molecule has 0 saturated heterocycles. The topological polar surface area (TPSA) is 43.3 Å². The van der Waals surface area contributed by atoms with Crippen molar-refractivity contribution in [3.05, 3.63) is 52.3 Å². The summed E-state index contributed by atoms with van der Waals surface area (Å²) in [6.07, 6.45) is 2.45. The molecule has 0 bridgehead atoms. The first kappa shape index (κ1) is 14.9. The van der Waals surface area contributed by atoms with E-state index in [1.165, 1.54) is 12.8 Å². The van der Waals surface area contributed by atoms with E-state index < -0.39 is 0 Å². The SMILES string of the molecule is CCn1c(-c2cccc(OC)c2)ccc(CNC2CC2)c1=O. The van der Waals surface area contributed by atoms with E-state index in [0.717, 1.165) is 22.6 Å². The maximum atomic E-state index is 12.7.